The molecule has 0 spiro atoms. The minimum atomic E-state index is -4.38. The summed E-state index contributed by atoms with van der Waals surface area (Å²) >= 11 is 0. The van der Waals surface area contributed by atoms with Crippen LogP contribution in [-0.2, 0) is 11.0 Å². The molecule has 5 heteroatoms. The van der Waals surface area contributed by atoms with Crippen LogP contribution < -0.4 is 4.74 Å². The van der Waals surface area contributed by atoms with Crippen molar-refractivity contribution in [2.45, 2.75) is 12.1 Å². The lowest BCUT2D eigenvalue weighted by Crippen LogP contribution is -2.06. The lowest BCUT2D eigenvalue weighted by atomic mass is 10.0. The van der Waals surface area contributed by atoms with Crippen LogP contribution in [0.3, 0.4) is 0 Å². The van der Waals surface area contributed by atoms with Gasteiger partial charge < -0.3 is 9.53 Å². The van der Waals surface area contributed by atoms with E-state index in [2.05, 4.69) is 0 Å². The van der Waals surface area contributed by atoms with E-state index in [1.54, 1.807) is 0 Å². The second-order valence-corrected chi connectivity index (χ2v) is 3.30. The summed E-state index contributed by atoms with van der Waals surface area (Å²) in [5.41, 5.74) is -0.432. The topological polar surface area (TPSA) is 26.3 Å². The molecule has 0 radical (unpaired) electrons. The zero-order chi connectivity index (χ0) is 11.1. The third-order valence-electron chi connectivity index (χ3n) is 2.32. The third-order valence-corrected chi connectivity index (χ3v) is 2.32. The van der Waals surface area contributed by atoms with Crippen LogP contribution in [0.1, 0.15) is 17.0 Å². The van der Waals surface area contributed by atoms with Crippen LogP contribution >= 0.6 is 0 Å². The van der Waals surface area contributed by atoms with Gasteiger partial charge in [-0.2, -0.15) is 13.2 Å². The van der Waals surface area contributed by atoms with Crippen molar-refractivity contribution in [3.63, 3.8) is 0 Å². The average Bonchev–Trinajstić information content (AvgIpc) is 2.57. The van der Waals surface area contributed by atoms with Gasteiger partial charge in [-0.05, 0) is 18.2 Å². The first-order valence-corrected chi connectivity index (χ1v) is 4.31. The van der Waals surface area contributed by atoms with Crippen molar-refractivity contribution in [1.82, 2.24) is 0 Å². The molecule has 1 aromatic rings. The molecule has 0 aliphatic carbocycles. The van der Waals surface area contributed by atoms with Gasteiger partial charge in [0.05, 0.1) is 11.5 Å². The number of alkyl halides is 3. The summed E-state index contributed by atoms with van der Waals surface area (Å²) < 4.78 is 42.1. The van der Waals surface area contributed by atoms with E-state index < -0.39 is 17.7 Å². The van der Waals surface area contributed by atoms with Crippen LogP contribution in [0.4, 0.5) is 13.2 Å². The molecule has 0 N–H and O–H groups in total. The monoisotopic (exact) mass is 216 g/mol. The van der Waals surface area contributed by atoms with Crippen molar-refractivity contribution in [2.24, 2.45) is 0 Å². The highest BCUT2D eigenvalue weighted by Crippen LogP contribution is 2.38. The van der Waals surface area contributed by atoms with Crippen molar-refractivity contribution >= 4 is 6.29 Å². The van der Waals surface area contributed by atoms with Crippen LogP contribution in [0.15, 0.2) is 18.2 Å². The number of carbonyl (C=O) groups excluding carboxylic acids is 1. The number of rotatable bonds is 1. The molecule has 0 amide bonds. The molecule has 1 aliphatic rings. The highest BCUT2D eigenvalue weighted by molar-refractivity contribution is 5.66. The van der Waals surface area contributed by atoms with E-state index in [0.29, 0.717) is 17.6 Å². The van der Waals surface area contributed by atoms with E-state index in [1.807, 2.05) is 0 Å². The Morgan fingerprint density at radius 1 is 1.40 bits per heavy atom. The van der Waals surface area contributed by atoms with Gasteiger partial charge in [-0.15, -0.1) is 0 Å². The molecule has 2 rings (SSSR count). The van der Waals surface area contributed by atoms with E-state index in [4.69, 9.17) is 4.74 Å². The van der Waals surface area contributed by atoms with Crippen LogP contribution in [0.5, 0.6) is 5.75 Å². The average molecular weight is 216 g/mol. The second-order valence-electron chi connectivity index (χ2n) is 3.30. The zero-order valence-corrected chi connectivity index (χ0v) is 7.54. The fourth-order valence-corrected chi connectivity index (χ4v) is 1.53. The first-order chi connectivity index (χ1) is 7.02. The van der Waals surface area contributed by atoms with Crippen LogP contribution in [0.25, 0.3) is 0 Å². The number of aldehydes is 1. The van der Waals surface area contributed by atoms with Crippen molar-refractivity contribution in [2.75, 3.05) is 6.61 Å². The summed E-state index contributed by atoms with van der Waals surface area (Å²) in [6.07, 6.45) is -3.78. The Balaban J connectivity index is 2.45. The number of hydrogen-bond donors (Lipinski definition) is 0. The second kappa shape index (κ2) is 3.25. The maximum atomic E-state index is 12.4. The summed E-state index contributed by atoms with van der Waals surface area (Å²) in [6.45, 7) is 0.125. The van der Waals surface area contributed by atoms with Gasteiger partial charge in [-0.1, -0.05) is 0 Å². The smallest absolute Gasteiger partial charge is 0.416 e. The number of halogens is 3. The fourth-order valence-electron chi connectivity index (χ4n) is 1.53. The van der Waals surface area contributed by atoms with E-state index in [1.165, 1.54) is 6.07 Å². The fraction of sp³-hybridized carbons (Fsp3) is 0.300. The number of fused-ring (bicyclic) bond motifs is 1. The Morgan fingerprint density at radius 2 is 2.13 bits per heavy atom. The summed E-state index contributed by atoms with van der Waals surface area (Å²) in [6, 6.07) is 3.18. The Bertz CT molecular complexity index is 398. The molecule has 80 valence electrons. The normalized spacial score (nSPS) is 19.5. The Hall–Kier alpha value is -1.52. The lowest BCUT2D eigenvalue weighted by molar-refractivity contribution is -0.137. The number of hydrogen-bond acceptors (Lipinski definition) is 2. The molecule has 1 atom stereocenters. The highest BCUT2D eigenvalue weighted by Gasteiger charge is 2.33. The quantitative estimate of drug-likeness (QED) is 0.673. The van der Waals surface area contributed by atoms with Gasteiger partial charge in [0.25, 0.3) is 0 Å². The van der Waals surface area contributed by atoms with Gasteiger partial charge in [-0.25, -0.2) is 0 Å². The van der Waals surface area contributed by atoms with Gasteiger partial charge in [-0.3, -0.25) is 0 Å². The van der Waals surface area contributed by atoms with Crippen molar-refractivity contribution in [3.8, 4) is 5.75 Å². The maximum Gasteiger partial charge on any atom is 0.416 e. The summed E-state index contributed by atoms with van der Waals surface area (Å²) in [7, 11) is 0. The Kier molecular flexibility index (Phi) is 2.17. The van der Waals surface area contributed by atoms with Crippen molar-refractivity contribution in [1.29, 1.82) is 0 Å². The van der Waals surface area contributed by atoms with Crippen molar-refractivity contribution in [3.05, 3.63) is 29.3 Å². The highest BCUT2D eigenvalue weighted by atomic mass is 19.4. The molecule has 0 saturated carbocycles. The summed E-state index contributed by atoms with van der Waals surface area (Å²) in [4.78, 5) is 10.6. The Labute approximate surface area is 83.7 Å². The molecule has 2 nitrogen and oxygen atoms in total. The van der Waals surface area contributed by atoms with E-state index >= 15 is 0 Å². The van der Waals surface area contributed by atoms with Gasteiger partial charge in [0.2, 0.25) is 0 Å². The maximum absolute atomic E-state index is 12.4. The van der Waals surface area contributed by atoms with Crippen LogP contribution in [0.2, 0.25) is 0 Å². The minimum Gasteiger partial charge on any atom is -0.492 e. The molecule has 1 aromatic carbocycles. The molecule has 0 saturated heterocycles. The van der Waals surface area contributed by atoms with Gasteiger partial charge in [0.1, 0.15) is 18.6 Å². The molecule has 0 fully saturated rings. The molecular formula is C10H7F3O2. The van der Waals surface area contributed by atoms with Gasteiger partial charge in [0, 0.05) is 5.56 Å². The molecule has 1 heterocycles. The van der Waals surface area contributed by atoms with Gasteiger partial charge >= 0.3 is 6.18 Å². The largest absolute Gasteiger partial charge is 0.492 e. The van der Waals surface area contributed by atoms with E-state index in [9.17, 15) is 18.0 Å². The number of ether oxygens (including phenoxy) is 1. The number of benzene rings is 1. The molecule has 0 bridgehead atoms. The van der Waals surface area contributed by atoms with E-state index in [-0.39, 0.29) is 6.61 Å². The standard InChI is InChI=1S/C10H7F3O2/c11-10(12,13)7-1-2-9-8(3-7)6(4-14)5-15-9/h1-4,6H,5H2. The number of carbonyl (C=O) groups is 1. The third kappa shape index (κ3) is 1.69. The first kappa shape index (κ1) is 10.0. The van der Waals surface area contributed by atoms with Crippen LogP contribution in [-0.4, -0.2) is 12.9 Å². The van der Waals surface area contributed by atoms with Crippen molar-refractivity contribution < 1.29 is 22.7 Å². The van der Waals surface area contributed by atoms with Crippen LogP contribution in [0, 0.1) is 0 Å². The molecule has 1 unspecified atom stereocenters. The predicted molar refractivity (Wildman–Crippen MR) is 45.7 cm³/mol. The summed E-state index contributed by atoms with van der Waals surface area (Å²) in [5, 5.41) is 0. The SMILES string of the molecule is O=CC1COc2ccc(C(F)(F)F)cc21. The molecule has 15 heavy (non-hydrogen) atoms. The lowest BCUT2D eigenvalue weighted by Gasteiger charge is -2.08. The minimum absolute atomic E-state index is 0.125. The van der Waals surface area contributed by atoms with Gasteiger partial charge in [0.15, 0.2) is 0 Å². The first-order valence-electron chi connectivity index (χ1n) is 4.31. The Morgan fingerprint density at radius 3 is 2.73 bits per heavy atom. The van der Waals surface area contributed by atoms with E-state index in [0.717, 1.165) is 12.1 Å². The zero-order valence-electron chi connectivity index (χ0n) is 7.54. The predicted octanol–water partition coefficient (Wildman–Crippen LogP) is 2.38. The molecule has 1 aliphatic heterocycles. The molecule has 0 aromatic heterocycles. The summed E-state index contributed by atoms with van der Waals surface area (Å²) in [5.74, 6) is -0.220. The molecular weight excluding hydrogens is 209 g/mol.